The molecule has 0 saturated carbocycles. The molecule has 0 aliphatic rings. The van der Waals surface area contributed by atoms with Crippen molar-refractivity contribution >= 4 is 16.8 Å². The lowest BCUT2D eigenvalue weighted by Gasteiger charge is -2.17. The first-order valence-electron chi connectivity index (χ1n) is 5.29. The predicted molar refractivity (Wildman–Crippen MR) is 63.1 cm³/mol. The molecule has 5 nitrogen and oxygen atoms in total. The molecule has 1 heterocycles. The van der Waals surface area contributed by atoms with E-state index in [1.807, 2.05) is 24.3 Å². The van der Waals surface area contributed by atoms with Crippen molar-refractivity contribution in [2.45, 2.75) is 19.3 Å². The number of carbonyl (C=O) groups is 1. The van der Waals surface area contributed by atoms with Gasteiger partial charge >= 0.3 is 0 Å². The highest BCUT2D eigenvalue weighted by Crippen LogP contribution is 2.25. The first-order chi connectivity index (χ1) is 8.09. The number of aliphatic hydroxyl groups excluding tert-OH is 2. The minimum absolute atomic E-state index is 0.392. The molecule has 1 aromatic carbocycles. The van der Waals surface area contributed by atoms with Gasteiger partial charge < -0.3 is 20.5 Å². The van der Waals surface area contributed by atoms with E-state index in [0.29, 0.717) is 5.56 Å². The van der Waals surface area contributed by atoms with Crippen LogP contribution >= 0.6 is 0 Å². The minimum atomic E-state index is -1.31. The fourth-order valence-corrected chi connectivity index (χ4v) is 1.80. The molecule has 2 unspecified atom stereocenters. The van der Waals surface area contributed by atoms with Gasteiger partial charge in [0.05, 0.1) is 0 Å². The third-order valence-electron chi connectivity index (χ3n) is 2.59. The number of benzene rings is 1. The Morgan fingerprint density at radius 2 is 2.06 bits per heavy atom. The second-order valence-corrected chi connectivity index (χ2v) is 3.88. The second kappa shape index (κ2) is 4.57. The monoisotopic (exact) mass is 234 g/mol. The van der Waals surface area contributed by atoms with Crippen LogP contribution in [0.25, 0.3) is 10.9 Å². The highest BCUT2D eigenvalue weighted by atomic mass is 16.3. The third kappa shape index (κ3) is 2.30. The molecule has 0 fully saturated rings. The molecule has 0 bridgehead atoms. The summed E-state index contributed by atoms with van der Waals surface area (Å²) in [6.45, 7) is 1.28. The SMILES string of the molecule is CC(=O)NC(O)C(O)c1c[nH]c2ccccc12. The largest absolute Gasteiger partial charge is 0.384 e. The molecule has 2 aromatic rings. The van der Waals surface area contributed by atoms with Gasteiger partial charge in [-0.1, -0.05) is 18.2 Å². The number of carbonyl (C=O) groups excluding carboxylic acids is 1. The Morgan fingerprint density at radius 1 is 1.35 bits per heavy atom. The van der Waals surface area contributed by atoms with Crippen molar-refractivity contribution in [3.63, 3.8) is 0 Å². The number of hydrogen-bond donors (Lipinski definition) is 4. The standard InChI is InChI=1S/C12H14N2O3/c1-7(15)14-12(17)11(16)9-6-13-10-5-3-2-4-8(9)10/h2-6,11-13,16-17H,1H3,(H,14,15). The molecule has 0 radical (unpaired) electrons. The summed E-state index contributed by atoms with van der Waals surface area (Å²) in [5.74, 6) is -0.392. The van der Waals surface area contributed by atoms with E-state index >= 15 is 0 Å². The number of amides is 1. The van der Waals surface area contributed by atoms with E-state index in [-0.39, 0.29) is 0 Å². The quantitative estimate of drug-likeness (QED) is 0.588. The van der Waals surface area contributed by atoms with E-state index in [2.05, 4.69) is 10.3 Å². The highest BCUT2D eigenvalue weighted by molar-refractivity contribution is 5.83. The van der Waals surface area contributed by atoms with E-state index < -0.39 is 18.2 Å². The molecular weight excluding hydrogens is 220 g/mol. The highest BCUT2D eigenvalue weighted by Gasteiger charge is 2.21. The van der Waals surface area contributed by atoms with Crippen LogP contribution < -0.4 is 5.32 Å². The number of aromatic amines is 1. The zero-order valence-corrected chi connectivity index (χ0v) is 9.34. The van der Waals surface area contributed by atoms with E-state index in [9.17, 15) is 15.0 Å². The van der Waals surface area contributed by atoms with Gasteiger partial charge in [0.25, 0.3) is 0 Å². The zero-order chi connectivity index (χ0) is 12.4. The minimum Gasteiger partial charge on any atom is -0.384 e. The molecule has 0 aliphatic heterocycles. The Balaban J connectivity index is 2.30. The first kappa shape index (κ1) is 11.6. The van der Waals surface area contributed by atoms with Gasteiger partial charge in [0.15, 0.2) is 6.23 Å². The van der Waals surface area contributed by atoms with Crippen LogP contribution in [0.1, 0.15) is 18.6 Å². The van der Waals surface area contributed by atoms with Crippen LogP contribution in [0.3, 0.4) is 0 Å². The molecule has 0 saturated heterocycles. The van der Waals surface area contributed by atoms with Gasteiger partial charge in [0.1, 0.15) is 6.10 Å². The van der Waals surface area contributed by atoms with E-state index in [1.54, 1.807) is 6.20 Å². The molecule has 1 aromatic heterocycles. The lowest BCUT2D eigenvalue weighted by atomic mass is 10.1. The summed E-state index contributed by atoms with van der Waals surface area (Å²) in [4.78, 5) is 13.8. The van der Waals surface area contributed by atoms with Crippen LogP contribution in [0.2, 0.25) is 0 Å². The topological polar surface area (TPSA) is 85.3 Å². The van der Waals surface area contributed by atoms with Gasteiger partial charge in [-0.3, -0.25) is 4.79 Å². The van der Waals surface area contributed by atoms with Crippen molar-refractivity contribution in [3.05, 3.63) is 36.0 Å². The Hall–Kier alpha value is -1.85. The molecule has 90 valence electrons. The fourth-order valence-electron chi connectivity index (χ4n) is 1.80. The predicted octanol–water partition coefficient (Wildman–Crippen LogP) is 0.656. The van der Waals surface area contributed by atoms with Crippen LogP contribution in [0, 0.1) is 0 Å². The normalized spacial score (nSPS) is 14.5. The summed E-state index contributed by atoms with van der Waals surface area (Å²) in [6, 6.07) is 7.43. The Bertz CT molecular complexity index is 535. The molecule has 0 spiro atoms. The van der Waals surface area contributed by atoms with Crippen LogP contribution in [-0.4, -0.2) is 27.3 Å². The summed E-state index contributed by atoms with van der Waals surface area (Å²) < 4.78 is 0. The molecule has 2 atom stereocenters. The number of nitrogens with one attached hydrogen (secondary N) is 2. The molecule has 17 heavy (non-hydrogen) atoms. The number of rotatable bonds is 3. The smallest absolute Gasteiger partial charge is 0.218 e. The Labute approximate surface area is 98.1 Å². The second-order valence-electron chi connectivity index (χ2n) is 3.88. The zero-order valence-electron chi connectivity index (χ0n) is 9.34. The Kier molecular flexibility index (Phi) is 3.12. The number of fused-ring (bicyclic) bond motifs is 1. The van der Waals surface area contributed by atoms with Gasteiger partial charge in [0, 0.05) is 29.6 Å². The number of para-hydroxylation sites is 1. The maximum absolute atomic E-state index is 10.8. The number of hydrogen-bond acceptors (Lipinski definition) is 3. The van der Waals surface area contributed by atoms with Gasteiger partial charge in [0.2, 0.25) is 5.91 Å². The fraction of sp³-hybridized carbons (Fsp3) is 0.250. The third-order valence-corrected chi connectivity index (χ3v) is 2.59. The molecule has 0 aliphatic carbocycles. The van der Waals surface area contributed by atoms with Gasteiger partial charge in [-0.2, -0.15) is 0 Å². The molecule has 2 rings (SSSR count). The van der Waals surface area contributed by atoms with Crippen LogP contribution in [0.5, 0.6) is 0 Å². The van der Waals surface area contributed by atoms with E-state index in [0.717, 1.165) is 10.9 Å². The summed E-state index contributed by atoms with van der Waals surface area (Å²) in [5, 5.41) is 22.6. The van der Waals surface area contributed by atoms with Crippen molar-refractivity contribution in [3.8, 4) is 0 Å². The first-order valence-corrected chi connectivity index (χ1v) is 5.29. The number of aromatic nitrogens is 1. The van der Waals surface area contributed by atoms with Crippen molar-refractivity contribution in [2.75, 3.05) is 0 Å². The molecule has 5 heteroatoms. The van der Waals surface area contributed by atoms with Crippen molar-refractivity contribution in [2.24, 2.45) is 0 Å². The number of aliphatic hydroxyl groups is 2. The molecule has 4 N–H and O–H groups in total. The molecular formula is C12H14N2O3. The van der Waals surface area contributed by atoms with Crippen molar-refractivity contribution in [1.82, 2.24) is 10.3 Å². The van der Waals surface area contributed by atoms with E-state index in [1.165, 1.54) is 6.92 Å². The van der Waals surface area contributed by atoms with Crippen molar-refractivity contribution < 1.29 is 15.0 Å². The maximum Gasteiger partial charge on any atom is 0.218 e. The van der Waals surface area contributed by atoms with Crippen LogP contribution in [0.15, 0.2) is 30.5 Å². The van der Waals surface area contributed by atoms with E-state index in [4.69, 9.17) is 0 Å². The number of H-pyrrole nitrogens is 1. The average molecular weight is 234 g/mol. The van der Waals surface area contributed by atoms with Gasteiger partial charge in [-0.25, -0.2) is 0 Å². The van der Waals surface area contributed by atoms with Gasteiger partial charge in [-0.15, -0.1) is 0 Å². The molecule has 1 amide bonds. The summed E-state index contributed by atoms with van der Waals surface area (Å²) in [5.41, 5.74) is 1.43. The van der Waals surface area contributed by atoms with Crippen LogP contribution in [0.4, 0.5) is 0 Å². The summed E-state index contributed by atoms with van der Waals surface area (Å²) in [6.07, 6.45) is -0.845. The summed E-state index contributed by atoms with van der Waals surface area (Å²) >= 11 is 0. The van der Waals surface area contributed by atoms with Crippen molar-refractivity contribution in [1.29, 1.82) is 0 Å². The lowest BCUT2D eigenvalue weighted by molar-refractivity contribution is -0.124. The Morgan fingerprint density at radius 3 is 2.76 bits per heavy atom. The maximum atomic E-state index is 10.8. The lowest BCUT2D eigenvalue weighted by Crippen LogP contribution is -2.37. The average Bonchev–Trinajstić information content (AvgIpc) is 2.70. The van der Waals surface area contributed by atoms with Gasteiger partial charge in [-0.05, 0) is 6.07 Å². The summed E-state index contributed by atoms with van der Waals surface area (Å²) in [7, 11) is 0. The van der Waals surface area contributed by atoms with Crippen LogP contribution in [-0.2, 0) is 4.79 Å².